The molecule has 1 aliphatic heterocycles. The summed E-state index contributed by atoms with van der Waals surface area (Å²) in [5.74, 6) is -1.51. The molecule has 1 aliphatic rings. The number of esters is 2. The van der Waals surface area contributed by atoms with Gasteiger partial charge in [-0.1, -0.05) is 13.8 Å². The minimum absolute atomic E-state index is 0.0458. The van der Waals surface area contributed by atoms with Gasteiger partial charge in [-0.3, -0.25) is 4.79 Å². The normalized spacial score (nSPS) is 13.7. The van der Waals surface area contributed by atoms with Crippen molar-refractivity contribution in [1.29, 1.82) is 0 Å². The van der Waals surface area contributed by atoms with E-state index in [0.717, 1.165) is 0 Å². The number of hydrogen-bond donors (Lipinski definition) is 0. The van der Waals surface area contributed by atoms with E-state index in [4.69, 9.17) is 14.2 Å². The van der Waals surface area contributed by atoms with E-state index in [9.17, 15) is 14.4 Å². The maximum Gasteiger partial charge on any atom is 0.345 e. The van der Waals surface area contributed by atoms with Crippen molar-refractivity contribution in [3.63, 3.8) is 0 Å². The maximum atomic E-state index is 12.2. The molecular formula is C17H24O6. The third-order valence-corrected chi connectivity index (χ3v) is 3.49. The lowest BCUT2D eigenvalue weighted by molar-refractivity contribution is -0.146. The van der Waals surface area contributed by atoms with Crippen LogP contribution in [0.3, 0.4) is 0 Å². The second kappa shape index (κ2) is 9.25. The number of Topliss-reactive ketones (excluding diaryl/α,β-unsaturated/α-hetero) is 1. The standard InChI is InChI=1S/C17H24O6/c1-5-11(12-9-21-10-13(12)14(18)6-2)15(16(19)22-7-3)17(20)23-8-4/h5-10H2,1-4H3. The van der Waals surface area contributed by atoms with Gasteiger partial charge >= 0.3 is 11.9 Å². The minimum atomic E-state index is -0.731. The third-order valence-electron chi connectivity index (χ3n) is 3.49. The largest absolute Gasteiger partial charge is 0.462 e. The van der Waals surface area contributed by atoms with Crippen LogP contribution < -0.4 is 0 Å². The topological polar surface area (TPSA) is 78.9 Å². The Morgan fingerprint density at radius 2 is 1.39 bits per heavy atom. The van der Waals surface area contributed by atoms with Crippen LogP contribution in [0.1, 0.15) is 40.5 Å². The molecule has 6 nitrogen and oxygen atoms in total. The van der Waals surface area contributed by atoms with Crippen LogP contribution in [0.5, 0.6) is 0 Å². The Bertz CT molecular complexity index is 521. The van der Waals surface area contributed by atoms with Gasteiger partial charge < -0.3 is 14.2 Å². The predicted molar refractivity (Wildman–Crippen MR) is 83.7 cm³/mol. The third kappa shape index (κ3) is 4.51. The summed E-state index contributed by atoms with van der Waals surface area (Å²) in [7, 11) is 0. The van der Waals surface area contributed by atoms with Gasteiger partial charge in [0.25, 0.3) is 0 Å². The fraction of sp³-hybridized carbons (Fsp3) is 0.588. The first-order chi connectivity index (χ1) is 11.0. The number of hydrogen-bond acceptors (Lipinski definition) is 6. The van der Waals surface area contributed by atoms with Crippen LogP contribution in [-0.4, -0.2) is 44.1 Å². The van der Waals surface area contributed by atoms with Gasteiger partial charge in [0.1, 0.15) is 5.57 Å². The molecule has 0 fully saturated rings. The highest BCUT2D eigenvalue weighted by Gasteiger charge is 2.31. The first-order valence-corrected chi connectivity index (χ1v) is 7.92. The molecule has 0 aromatic carbocycles. The summed E-state index contributed by atoms with van der Waals surface area (Å²) >= 11 is 0. The molecule has 0 aromatic rings. The Hall–Kier alpha value is -1.95. The maximum absolute atomic E-state index is 12.2. The molecule has 1 heterocycles. The molecule has 0 N–H and O–H groups in total. The van der Waals surface area contributed by atoms with Gasteiger partial charge in [-0.15, -0.1) is 0 Å². The average molecular weight is 324 g/mol. The molecule has 0 aliphatic carbocycles. The Balaban J connectivity index is 3.46. The Morgan fingerprint density at radius 3 is 1.83 bits per heavy atom. The molecule has 128 valence electrons. The summed E-state index contributed by atoms with van der Waals surface area (Å²) in [5, 5.41) is 0. The summed E-state index contributed by atoms with van der Waals surface area (Å²) in [6.07, 6.45) is 0.736. The molecule has 0 amide bonds. The van der Waals surface area contributed by atoms with E-state index in [-0.39, 0.29) is 37.8 Å². The van der Waals surface area contributed by atoms with Gasteiger partial charge in [0.05, 0.1) is 26.4 Å². The zero-order valence-electron chi connectivity index (χ0n) is 14.2. The number of carbonyl (C=O) groups is 3. The molecule has 23 heavy (non-hydrogen) atoms. The summed E-state index contributed by atoms with van der Waals surface area (Å²) in [5.41, 5.74) is 1.46. The summed E-state index contributed by atoms with van der Waals surface area (Å²) in [6.45, 7) is 7.60. The molecule has 0 bridgehead atoms. The Labute approximate surface area is 136 Å². The van der Waals surface area contributed by atoms with Crippen molar-refractivity contribution >= 4 is 17.7 Å². The fourth-order valence-corrected chi connectivity index (χ4v) is 2.44. The van der Waals surface area contributed by atoms with Crippen LogP contribution >= 0.6 is 0 Å². The van der Waals surface area contributed by atoms with Gasteiger partial charge in [0.15, 0.2) is 5.78 Å². The van der Waals surface area contributed by atoms with Crippen LogP contribution in [-0.2, 0) is 28.6 Å². The molecule has 0 unspecified atom stereocenters. The summed E-state index contributed by atoms with van der Waals surface area (Å²) < 4.78 is 15.4. The first-order valence-electron chi connectivity index (χ1n) is 7.92. The van der Waals surface area contributed by atoms with E-state index in [1.54, 1.807) is 20.8 Å². The van der Waals surface area contributed by atoms with E-state index >= 15 is 0 Å². The van der Waals surface area contributed by atoms with Crippen molar-refractivity contribution in [3.8, 4) is 0 Å². The number of ketones is 1. The SMILES string of the molecule is CCOC(=O)C(C(=O)OCC)=C(CC)C1=C(C(=O)CC)COC1. The zero-order chi connectivity index (χ0) is 17.4. The first kappa shape index (κ1) is 19.1. The highest BCUT2D eigenvalue weighted by molar-refractivity contribution is 6.15. The van der Waals surface area contributed by atoms with E-state index in [2.05, 4.69) is 0 Å². The minimum Gasteiger partial charge on any atom is -0.462 e. The summed E-state index contributed by atoms with van der Waals surface area (Å²) in [6, 6.07) is 0. The lowest BCUT2D eigenvalue weighted by Crippen LogP contribution is -2.22. The highest BCUT2D eigenvalue weighted by atomic mass is 16.6. The van der Waals surface area contributed by atoms with Crippen LogP contribution in [0.2, 0.25) is 0 Å². The monoisotopic (exact) mass is 324 g/mol. The highest BCUT2D eigenvalue weighted by Crippen LogP contribution is 2.29. The lowest BCUT2D eigenvalue weighted by Gasteiger charge is -2.14. The van der Waals surface area contributed by atoms with Crippen LogP contribution in [0, 0.1) is 0 Å². The molecule has 1 rings (SSSR count). The van der Waals surface area contributed by atoms with Crippen molar-refractivity contribution in [2.45, 2.75) is 40.5 Å². The number of ether oxygens (including phenoxy) is 3. The van der Waals surface area contributed by atoms with Crippen LogP contribution in [0.25, 0.3) is 0 Å². The predicted octanol–water partition coefficient (Wildman–Crippen LogP) is 2.13. The molecule has 0 atom stereocenters. The van der Waals surface area contributed by atoms with Gasteiger partial charge in [0.2, 0.25) is 0 Å². The quantitative estimate of drug-likeness (QED) is 0.294. The van der Waals surface area contributed by atoms with E-state index in [1.807, 2.05) is 6.92 Å². The lowest BCUT2D eigenvalue weighted by atomic mass is 9.92. The van der Waals surface area contributed by atoms with Gasteiger partial charge in [-0.2, -0.15) is 0 Å². The average Bonchev–Trinajstić information content (AvgIpc) is 3.01. The van der Waals surface area contributed by atoms with E-state index in [0.29, 0.717) is 29.6 Å². The number of carbonyl (C=O) groups excluding carboxylic acids is 3. The molecule has 0 spiro atoms. The Kier molecular flexibility index (Phi) is 7.68. The van der Waals surface area contributed by atoms with Crippen molar-refractivity contribution in [2.75, 3.05) is 26.4 Å². The summed E-state index contributed by atoms with van der Waals surface area (Å²) in [4.78, 5) is 36.5. The second-order valence-electron chi connectivity index (χ2n) is 4.87. The van der Waals surface area contributed by atoms with Gasteiger partial charge in [-0.05, 0) is 31.4 Å². The fourth-order valence-electron chi connectivity index (χ4n) is 2.44. The zero-order valence-corrected chi connectivity index (χ0v) is 14.2. The van der Waals surface area contributed by atoms with Crippen molar-refractivity contribution in [2.24, 2.45) is 0 Å². The molecule has 0 aromatic heterocycles. The molecule has 6 heteroatoms. The second-order valence-corrected chi connectivity index (χ2v) is 4.87. The van der Waals surface area contributed by atoms with Crippen molar-refractivity contribution < 1.29 is 28.6 Å². The van der Waals surface area contributed by atoms with Gasteiger partial charge in [-0.25, -0.2) is 9.59 Å². The van der Waals surface area contributed by atoms with Gasteiger partial charge in [0, 0.05) is 12.0 Å². The molecule has 0 saturated carbocycles. The van der Waals surface area contributed by atoms with Crippen LogP contribution in [0.4, 0.5) is 0 Å². The van der Waals surface area contributed by atoms with E-state index in [1.165, 1.54) is 0 Å². The smallest absolute Gasteiger partial charge is 0.345 e. The molecule has 0 saturated heterocycles. The van der Waals surface area contributed by atoms with E-state index < -0.39 is 11.9 Å². The molecular weight excluding hydrogens is 300 g/mol. The van der Waals surface area contributed by atoms with Crippen molar-refractivity contribution in [3.05, 3.63) is 22.3 Å². The van der Waals surface area contributed by atoms with Crippen LogP contribution in [0.15, 0.2) is 22.3 Å². The molecule has 0 radical (unpaired) electrons. The van der Waals surface area contributed by atoms with Crippen molar-refractivity contribution in [1.82, 2.24) is 0 Å². The number of rotatable bonds is 8. The Morgan fingerprint density at radius 1 is 0.870 bits per heavy atom.